The Kier molecular flexibility index (Phi) is 7.16. The van der Waals surface area contributed by atoms with Crippen LogP contribution in [0.1, 0.15) is 24.2 Å². The van der Waals surface area contributed by atoms with Crippen molar-refractivity contribution in [3.05, 3.63) is 65.5 Å². The summed E-state index contributed by atoms with van der Waals surface area (Å²) < 4.78 is 10.7. The number of ketones is 1. The van der Waals surface area contributed by atoms with Crippen LogP contribution in [0.5, 0.6) is 5.75 Å². The molecule has 1 aliphatic rings. The average Bonchev–Trinajstić information content (AvgIpc) is 3.02. The lowest BCUT2D eigenvalue weighted by Crippen LogP contribution is -2.33. The second-order valence-electron chi connectivity index (χ2n) is 6.54. The maximum absolute atomic E-state index is 12.8. The van der Waals surface area contributed by atoms with Gasteiger partial charge in [0.15, 0.2) is 0 Å². The van der Waals surface area contributed by atoms with Crippen LogP contribution in [0.3, 0.4) is 0 Å². The van der Waals surface area contributed by atoms with Crippen LogP contribution in [-0.4, -0.2) is 64.8 Å². The molecule has 8 nitrogen and oxygen atoms in total. The minimum Gasteiger partial charge on any atom is -0.507 e. The number of aliphatic hydroxyl groups is 2. The number of hydrogen-bond acceptors (Lipinski definition) is 7. The highest BCUT2D eigenvalue weighted by Crippen LogP contribution is 2.38. The third kappa shape index (κ3) is 4.50. The number of ether oxygens (including phenoxy) is 2. The van der Waals surface area contributed by atoms with E-state index in [1.54, 1.807) is 48.7 Å². The lowest BCUT2D eigenvalue weighted by molar-refractivity contribution is -0.140. The van der Waals surface area contributed by atoms with E-state index in [2.05, 4.69) is 4.98 Å². The minimum absolute atomic E-state index is 0.0231. The van der Waals surface area contributed by atoms with E-state index in [0.29, 0.717) is 23.6 Å². The molecule has 1 saturated heterocycles. The molecule has 1 amide bonds. The average molecular weight is 412 g/mol. The summed E-state index contributed by atoms with van der Waals surface area (Å²) in [5.41, 5.74) is 0.838. The van der Waals surface area contributed by atoms with Gasteiger partial charge in [-0.2, -0.15) is 0 Å². The van der Waals surface area contributed by atoms with Crippen LogP contribution >= 0.6 is 0 Å². The second-order valence-corrected chi connectivity index (χ2v) is 6.54. The van der Waals surface area contributed by atoms with Gasteiger partial charge in [0, 0.05) is 18.3 Å². The molecular weight excluding hydrogens is 388 g/mol. The fourth-order valence-electron chi connectivity index (χ4n) is 3.32. The van der Waals surface area contributed by atoms with E-state index in [0.717, 1.165) is 0 Å². The van der Waals surface area contributed by atoms with E-state index in [1.807, 2.05) is 6.92 Å². The van der Waals surface area contributed by atoms with Crippen molar-refractivity contribution in [1.82, 2.24) is 9.88 Å². The van der Waals surface area contributed by atoms with E-state index < -0.39 is 17.7 Å². The predicted octanol–water partition coefficient (Wildman–Crippen LogP) is 1.91. The third-order valence-electron chi connectivity index (χ3n) is 4.66. The molecule has 0 unspecified atom stereocenters. The quantitative estimate of drug-likeness (QED) is 0.280. The van der Waals surface area contributed by atoms with Crippen molar-refractivity contribution in [1.29, 1.82) is 0 Å². The molecule has 3 rings (SSSR count). The molecule has 2 aromatic rings. The number of likely N-dealkylation sites (tertiary alicyclic amines) is 1. The molecule has 0 saturated carbocycles. The zero-order valence-electron chi connectivity index (χ0n) is 16.7. The van der Waals surface area contributed by atoms with Crippen LogP contribution in [0.2, 0.25) is 0 Å². The summed E-state index contributed by atoms with van der Waals surface area (Å²) in [6.45, 7) is 2.62. The first-order chi connectivity index (χ1) is 14.6. The smallest absolute Gasteiger partial charge is 0.295 e. The van der Waals surface area contributed by atoms with Crippen LogP contribution in [0.4, 0.5) is 0 Å². The first-order valence-electron chi connectivity index (χ1n) is 9.69. The van der Waals surface area contributed by atoms with Gasteiger partial charge in [0.25, 0.3) is 11.7 Å². The minimum atomic E-state index is -0.838. The number of benzene rings is 1. The molecule has 1 atom stereocenters. The highest BCUT2D eigenvalue weighted by Gasteiger charge is 2.46. The Morgan fingerprint density at radius 2 is 1.90 bits per heavy atom. The van der Waals surface area contributed by atoms with E-state index in [1.165, 1.54) is 4.90 Å². The molecule has 0 bridgehead atoms. The molecule has 0 spiro atoms. The lowest BCUT2D eigenvalue weighted by Gasteiger charge is -2.24. The first-order valence-corrected chi connectivity index (χ1v) is 9.69. The maximum Gasteiger partial charge on any atom is 0.295 e. The summed E-state index contributed by atoms with van der Waals surface area (Å²) in [7, 11) is 0. The monoisotopic (exact) mass is 412 g/mol. The number of aromatic nitrogens is 1. The van der Waals surface area contributed by atoms with E-state index in [9.17, 15) is 14.7 Å². The molecule has 0 radical (unpaired) electrons. The van der Waals surface area contributed by atoms with Gasteiger partial charge in [-0.3, -0.25) is 14.6 Å². The summed E-state index contributed by atoms with van der Waals surface area (Å²) in [4.78, 5) is 31.2. The maximum atomic E-state index is 12.8. The molecule has 1 fully saturated rings. The van der Waals surface area contributed by atoms with Crippen LogP contribution in [0.15, 0.2) is 54.2 Å². The van der Waals surface area contributed by atoms with Gasteiger partial charge in [-0.15, -0.1) is 0 Å². The molecule has 30 heavy (non-hydrogen) atoms. The van der Waals surface area contributed by atoms with Crippen LogP contribution in [-0.2, 0) is 14.3 Å². The summed E-state index contributed by atoms with van der Waals surface area (Å²) >= 11 is 0. The number of hydrogen-bond donors (Lipinski definition) is 2. The molecule has 1 aliphatic heterocycles. The Balaban J connectivity index is 2.00. The molecule has 1 aromatic heterocycles. The molecular formula is C22H24N2O6. The Labute approximate surface area is 174 Å². The number of aliphatic hydroxyl groups excluding tert-OH is 2. The zero-order chi connectivity index (χ0) is 21.5. The zero-order valence-corrected chi connectivity index (χ0v) is 16.7. The van der Waals surface area contributed by atoms with Gasteiger partial charge < -0.3 is 24.6 Å². The molecule has 2 N–H and O–H groups in total. The van der Waals surface area contributed by atoms with Gasteiger partial charge in [0.1, 0.15) is 17.6 Å². The highest BCUT2D eigenvalue weighted by molar-refractivity contribution is 6.46. The fraction of sp³-hybridized carbons (Fsp3) is 0.318. The van der Waals surface area contributed by atoms with Gasteiger partial charge in [-0.05, 0) is 43.3 Å². The van der Waals surface area contributed by atoms with Crippen molar-refractivity contribution >= 4 is 17.4 Å². The summed E-state index contributed by atoms with van der Waals surface area (Å²) in [5.74, 6) is -1.15. The van der Waals surface area contributed by atoms with Crippen molar-refractivity contribution in [3.8, 4) is 5.75 Å². The topological polar surface area (TPSA) is 109 Å². The number of carbonyl (C=O) groups excluding carboxylic acids is 2. The number of nitrogens with zero attached hydrogens (tertiary/aromatic N) is 2. The lowest BCUT2D eigenvalue weighted by atomic mass is 9.98. The Morgan fingerprint density at radius 3 is 2.53 bits per heavy atom. The number of Topliss-reactive ketones (excluding diaryl/α,β-unsaturated/α-hetero) is 1. The molecule has 8 heteroatoms. The largest absolute Gasteiger partial charge is 0.507 e. The normalized spacial score (nSPS) is 18.1. The number of amides is 1. The number of carbonyl (C=O) groups is 2. The molecule has 1 aromatic carbocycles. The van der Waals surface area contributed by atoms with Gasteiger partial charge in [0.2, 0.25) is 0 Å². The molecule has 2 heterocycles. The third-order valence-corrected chi connectivity index (χ3v) is 4.66. The highest BCUT2D eigenvalue weighted by atomic mass is 16.5. The van der Waals surface area contributed by atoms with Crippen molar-refractivity contribution in [2.45, 2.75) is 13.0 Å². The summed E-state index contributed by atoms with van der Waals surface area (Å²) in [6.07, 6.45) is 1.56. The summed E-state index contributed by atoms with van der Waals surface area (Å²) in [6, 6.07) is 11.0. The van der Waals surface area contributed by atoms with Crippen molar-refractivity contribution < 1.29 is 29.3 Å². The Morgan fingerprint density at radius 1 is 1.13 bits per heavy atom. The number of pyridine rings is 1. The Hall–Kier alpha value is -3.23. The van der Waals surface area contributed by atoms with Gasteiger partial charge in [0.05, 0.1) is 37.7 Å². The van der Waals surface area contributed by atoms with E-state index >= 15 is 0 Å². The van der Waals surface area contributed by atoms with Crippen molar-refractivity contribution in [2.24, 2.45) is 0 Å². The van der Waals surface area contributed by atoms with Crippen molar-refractivity contribution in [3.63, 3.8) is 0 Å². The van der Waals surface area contributed by atoms with Crippen LogP contribution in [0.25, 0.3) is 5.76 Å². The standard InChI is InChI=1S/C22H24N2O6/c1-2-30-16-8-6-15(7-9-16)20(26)18-19(17-5-3-4-10-23-17)24(22(28)21(18)27)11-13-29-14-12-25/h3-10,19,25-26H,2,11-14H2,1H3/b20-18+/t19-/m1/s1. The van der Waals surface area contributed by atoms with Gasteiger partial charge in [-0.1, -0.05) is 6.07 Å². The van der Waals surface area contributed by atoms with E-state index in [-0.39, 0.29) is 37.7 Å². The van der Waals surface area contributed by atoms with Crippen LogP contribution in [0, 0.1) is 0 Å². The SMILES string of the molecule is CCOc1ccc(/C(O)=C2\C(=O)C(=O)N(CCOCCO)[C@@H]2c2ccccn2)cc1. The molecule has 0 aliphatic carbocycles. The fourth-order valence-corrected chi connectivity index (χ4v) is 3.32. The Bertz CT molecular complexity index is 911. The van der Waals surface area contributed by atoms with Gasteiger partial charge >= 0.3 is 0 Å². The number of rotatable bonds is 9. The first kappa shape index (κ1) is 21.5. The predicted molar refractivity (Wildman–Crippen MR) is 109 cm³/mol. The van der Waals surface area contributed by atoms with Gasteiger partial charge in [-0.25, -0.2) is 0 Å². The van der Waals surface area contributed by atoms with Crippen molar-refractivity contribution in [2.75, 3.05) is 33.0 Å². The second kappa shape index (κ2) is 10.00. The van der Waals surface area contributed by atoms with Crippen LogP contribution < -0.4 is 4.74 Å². The summed E-state index contributed by atoms with van der Waals surface area (Å²) in [5, 5.41) is 19.8. The molecule has 158 valence electrons. The van der Waals surface area contributed by atoms with E-state index in [4.69, 9.17) is 14.6 Å².